The first-order valence-electron chi connectivity index (χ1n) is 19.6. The molecule has 0 bridgehead atoms. The Labute approximate surface area is 336 Å². The Morgan fingerprint density at radius 1 is 0.561 bits per heavy atom. The number of nitrogens with zero attached hydrogens (tertiary/aromatic N) is 3. The van der Waals surface area contributed by atoms with Gasteiger partial charge in [0.1, 0.15) is 0 Å². The van der Waals surface area contributed by atoms with Crippen molar-refractivity contribution >= 4 is 41.9 Å². The molecule has 0 saturated carbocycles. The van der Waals surface area contributed by atoms with Crippen LogP contribution in [-0.2, 0) is 50.3 Å². The Kier molecular flexibility index (Phi) is 10.7. The van der Waals surface area contributed by atoms with Crippen LogP contribution in [0.1, 0.15) is 40.7 Å². The van der Waals surface area contributed by atoms with Crippen LogP contribution >= 0.6 is 0 Å². The minimum absolute atomic E-state index is 0.00247. The van der Waals surface area contributed by atoms with E-state index in [1.165, 1.54) is 48.3 Å². The maximum atomic E-state index is 12.1. The number of nitrogens with one attached hydrogen (secondary N) is 1. The molecule has 10 heteroatoms. The average molecular weight is 799 g/mol. The molecule has 0 amide bonds. The third kappa shape index (κ3) is 8.36. The Balaban J connectivity index is 0.000000165. The van der Waals surface area contributed by atoms with Gasteiger partial charge in [-0.1, -0.05) is 103 Å². The molecule has 2 aromatic heterocycles. The standard InChI is InChI=1S/C27H28N2O2S.C20H22N2O2S/c1-32(30,31)29-16-14-24-18-25(12-13-26(24)29)27(19-22-8-4-2-5-9-22)15-17-28(21-27)20-23-10-6-3-7-11-23;1-25(23,24)22-12-9-17-13-18(7-8-19(17)22)20(10-11-21-15-20)14-16-5-3-2-4-6-16/h2-14,16,18H,15,17,19-21H2,1H3;2-9,12-13,21H,10-11,14-15H2,1H3. The first-order valence-corrected chi connectivity index (χ1v) is 23.3. The predicted molar refractivity (Wildman–Crippen MR) is 232 cm³/mol. The van der Waals surface area contributed by atoms with Crippen molar-refractivity contribution in [2.45, 2.75) is 43.1 Å². The molecule has 2 aliphatic heterocycles. The van der Waals surface area contributed by atoms with Crippen LogP contribution in [0.3, 0.4) is 0 Å². The molecular weight excluding hydrogens is 749 g/mol. The highest BCUT2D eigenvalue weighted by Gasteiger charge is 2.40. The van der Waals surface area contributed by atoms with E-state index in [-0.39, 0.29) is 10.8 Å². The van der Waals surface area contributed by atoms with Crippen LogP contribution in [0, 0.1) is 0 Å². The van der Waals surface area contributed by atoms with Crippen molar-refractivity contribution in [2.24, 2.45) is 0 Å². The third-order valence-corrected chi connectivity index (χ3v) is 14.0. The van der Waals surface area contributed by atoms with E-state index in [2.05, 4.69) is 119 Å². The lowest BCUT2D eigenvalue weighted by molar-refractivity contribution is 0.301. The molecule has 57 heavy (non-hydrogen) atoms. The molecule has 4 heterocycles. The fourth-order valence-electron chi connectivity index (χ4n) is 9.11. The summed E-state index contributed by atoms with van der Waals surface area (Å²) in [5, 5.41) is 5.46. The zero-order valence-corrected chi connectivity index (χ0v) is 34.2. The second-order valence-electron chi connectivity index (χ2n) is 16.1. The molecule has 0 aliphatic carbocycles. The van der Waals surface area contributed by atoms with Crippen LogP contribution in [0.2, 0.25) is 0 Å². The van der Waals surface area contributed by atoms with Gasteiger partial charge >= 0.3 is 0 Å². The fourth-order valence-corrected chi connectivity index (χ4v) is 10.7. The molecule has 1 N–H and O–H groups in total. The van der Waals surface area contributed by atoms with Gasteiger partial charge in [-0.2, -0.15) is 0 Å². The molecular formula is C47H50N4O4S2. The fraction of sp³-hybridized carbons (Fsp3) is 0.277. The highest BCUT2D eigenvalue weighted by molar-refractivity contribution is 7.89. The van der Waals surface area contributed by atoms with Gasteiger partial charge in [-0.3, -0.25) is 4.90 Å². The van der Waals surface area contributed by atoms with Gasteiger partial charge < -0.3 is 5.32 Å². The molecule has 2 saturated heterocycles. The lowest BCUT2D eigenvalue weighted by Crippen LogP contribution is -2.33. The van der Waals surface area contributed by atoms with Gasteiger partial charge in [0.25, 0.3) is 0 Å². The van der Waals surface area contributed by atoms with E-state index in [4.69, 9.17) is 0 Å². The van der Waals surface area contributed by atoms with Crippen molar-refractivity contribution in [1.29, 1.82) is 0 Å². The lowest BCUT2D eigenvalue weighted by atomic mass is 9.74. The monoisotopic (exact) mass is 798 g/mol. The summed E-state index contributed by atoms with van der Waals surface area (Å²) in [6.45, 7) is 4.93. The third-order valence-electron chi connectivity index (χ3n) is 11.9. The summed E-state index contributed by atoms with van der Waals surface area (Å²) in [7, 11) is -6.59. The maximum absolute atomic E-state index is 12.1. The van der Waals surface area contributed by atoms with Gasteiger partial charge in [0.05, 0.1) is 23.5 Å². The second kappa shape index (κ2) is 15.7. The highest BCUT2D eigenvalue weighted by Crippen LogP contribution is 2.40. The molecule has 2 aliphatic rings. The van der Waals surface area contributed by atoms with Crippen LogP contribution in [0.4, 0.5) is 0 Å². The van der Waals surface area contributed by atoms with E-state index >= 15 is 0 Å². The van der Waals surface area contributed by atoms with Crippen LogP contribution < -0.4 is 5.32 Å². The van der Waals surface area contributed by atoms with Gasteiger partial charge in [0.15, 0.2) is 0 Å². The number of benzene rings is 5. The van der Waals surface area contributed by atoms with E-state index in [9.17, 15) is 16.8 Å². The summed E-state index contributed by atoms with van der Waals surface area (Å²) in [6, 6.07) is 48.2. The minimum atomic E-state index is -3.32. The second-order valence-corrected chi connectivity index (χ2v) is 19.8. The molecule has 2 atom stereocenters. The van der Waals surface area contributed by atoms with Gasteiger partial charge in [0.2, 0.25) is 20.0 Å². The normalized spacial score (nSPS) is 20.2. The van der Waals surface area contributed by atoms with Gasteiger partial charge in [-0.15, -0.1) is 0 Å². The van der Waals surface area contributed by atoms with Crippen molar-refractivity contribution in [1.82, 2.24) is 18.2 Å². The van der Waals surface area contributed by atoms with Crippen molar-refractivity contribution in [2.75, 3.05) is 38.7 Å². The Hall–Kier alpha value is -5.00. The summed E-state index contributed by atoms with van der Waals surface area (Å²) in [5.74, 6) is 0. The van der Waals surface area contributed by atoms with E-state index in [0.717, 1.165) is 80.2 Å². The molecule has 7 aromatic rings. The van der Waals surface area contributed by atoms with Gasteiger partial charge in [0, 0.05) is 53.6 Å². The molecule has 9 rings (SSSR count). The van der Waals surface area contributed by atoms with Crippen molar-refractivity contribution < 1.29 is 16.8 Å². The smallest absolute Gasteiger partial charge is 0.236 e. The molecule has 5 aromatic carbocycles. The SMILES string of the molecule is CS(=O)(=O)n1ccc2cc(C3(Cc4ccccc4)CCN(Cc4ccccc4)C3)ccc21.CS(=O)(=O)n1ccc2cc(C3(Cc4ccccc4)CCNC3)ccc21. The molecule has 2 fully saturated rings. The predicted octanol–water partition coefficient (Wildman–Crippen LogP) is 7.76. The number of hydrogen-bond donors (Lipinski definition) is 1. The van der Waals surface area contributed by atoms with Crippen LogP contribution in [-0.4, -0.2) is 68.4 Å². The zero-order chi connectivity index (χ0) is 39.7. The van der Waals surface area contributed by atoms with E-state index in [1.807, 2.05) is 30.3 Å². The molecule has 0 radical (unpaired) electrons. The molecule has 2 unspecified atom stereocenters. The molecule has 294 valence electrons. The van der Waals surface area contributed by atoms with Gasteiger partial charge in [-0.25, -0.2) is 24.8 Å². The van der Waals surface area contributed by atoms with Crippen LogP contribution in [0.15, 0.2) is 152 Å². The van der Waals surface area contributed by atoms with E-state index in [1.54, 1.807) is 12.4 Å². The lowest BCUT2D eigenvalue weighted by Gasteiger charge is -2.31. The number of rotatable bonds is 10. The Morgan fingerprint density at radius 3 is 1.51 bits per heavy atom. The van der Waals surface area contributed by atoms with Crippen molar-refractivity contribution in [3.63, 3.8) is 0 Å². The number of hydrogen-bond acceptors (Lipinski definition) is 6. The summed E-state index contributed by atoms with van der Waals surface area (Å²) in [6.07, 6.45) is 9.89. The summed E-state index contributed by atoms with van der Waals surface area (Å²) in [4.78, 5) is 2.55. The largest absolute Gasteiger partial charge is 0.316 e. The summed E-state index contributed by atoms with van der Waals surface area (Å²) >= 11 is 0. The van der Waals surface area contributed by atoms with E-state index < -0.39 is 20.0 Å². The molecule has 0 spiro atoms. The van der Waals surface area contributed by atoms with Crippen LogP contribution in [0.5, 0.6) is 0 Å². The van der Waals surface area contributed by atoms with Crippen LogP contribution in [0.25, 0.3) is 21.8 Å². The van der Waals surface area contributed by atoms with Crippen molar-refractivity contribution in [3.05, 3.63) is 180 Å². The number of fused-ring (bicyclic) bond motifs is 2. The maximum Gasteiger partial charge on any atom is 0.236 e. The first kappa shape index (κ1) is 38.9. The Bertz CT molecular complexity index is 2710. The molecule has 8 nitrogen and oxygen atoms in total. The zero-order valence-electron chi connectivity index (χ0n) is 32.6. The van der Waals surface area contributed by atoms with Crippen molar-refractivity contribution in [3.8, 4) is 0 Å². The topological polar surface area (TPSA) is 93.4 Å². The first-order chi connectivity index (χ1) is 27.4. The highest BCUT2D eigenvalue weighted by atomic mass is 32.2. The number of likely N-dealkylation sites (tertiary alicyclic amines) is 1. The van der Waals surface area contributed by atoms with E-state index in [0.29, 0.717) is 0 Å². The number of aromatic nitrogens is 2. The summed E-state index contributed by atoms with van der Waals surface area (Å²) < 4.78 is 50.8. The summed E-state index contributed by atoms with van der Waals surface area (Å²) in [5.41, 5.74) is 8.11. The Morgan fingerprint density at radius 2 is 1.04 bits per heavy atom. The average Bonchev–Trinajstić information content (AvgIpc) is 4.02. The van der Waals surface area contributed by atoms with Gasteiger partial charge in [-0.05, 0) is 103 Å². The minimum Gasteiger partial charge on any atom is -0.316 e. The quantitative estimate of drug-likeness (QED) is 0.152.